The molecule has 108 valence electrons. The Bertz CT molecular complexity index is 933. The summed E-state index contributed by atoms with van der Waals surface area (Å²) in [5, 5.41) is 4.58. The van der Waals surface area contributed by atoms with E-state index in [2.05, 4.69) is 26.0 Å². The number of hydrogen-bond donors (Lipinski definition) is 1. The lowest BCUT2D eigenvalue weighted by Gasteiger charge is -2.05. The van der Waals surface area contributed by atoms with Gasteiger partial charge in [-0.3, -0.25) is 0 Å². The third-order valence-corrected chi connectivity index (χ3v) is 5.18. The maximum Gasteiger partial charge on any atom is 0.284 e. The third kappa shape index (κ3) is 2.30. The highest BCUT2D eigenvalue weighted by atomic mass is 79.9. The second kappa shape index (κ2) is 4.81. The molecule has 0 saturated carbocycles. The van der Waals surface area contributed by atoms with Gasteiger partial charge in [-0.05, 0) is 41.1 Å². The molecule has 1 aromatic carbocycles. The fraction of sp³-hybridized carbons (Fsp3) is 0.0769. The van der Waals surface area contributed by atoms with Crippen molar-refractivity contribution in [2.24, 2.45) is 0 Å². The second-order valence-corrected chi connectivity index (χ2v) is 7.11. The van der Waals surface area contributed by atoms with Crippen LogP contribution in [0.5, 0.6) is 0 Å². The van der Waals surface area contributed by atoms with Crippen molar-refractivity contribution in [3.8, 4) is 0 Å². The molecule has 3 rings (SSSR count). The Balaban J connectivity index is 2.26. The highest BCUT2D eigenvalue weighted by Gasteiger charge is 2.23. The largest absolute Gasteiger partial charge is 0.397 e. The van der Waals surface area contributed by atoms with Crippen molar-refractivity contribution in [3.63, 3.8) is 0 Å². The first kappa shape index (κ1) is 14.0. The van der Waals surface area contributed by atoms with Crippen LogP contribution in [0.1, 0.15) is 5.56 Å². The van der Waals surface area contributed by atoms with Crippen LogP contribution in [0, 0.1) is 6.92 Å². The van der Waals surface area contributed by atoms with E-state index in [1.165, 1.54) is 6.20 Å². The molecule has 0 spiro atoms. The van der Waals surface area contributed by atoms with Gasteiger partial charge < -0.3 is 5.73 Å². The van der Waals surface area contributed by atoms with Gasteiger partial charge in [0.2, 0.25) is 0 Å². The zero-order valence-electron chi connectivity index (χ0n) is 11.0. The second-order valence-electron chi connectivity index (χ2n) is 4.59. The molecule has 0 bridgehead atoms. The number of fused-ring (bicyclic) bond motifs is 1. The summed E-state index contributed by atoms with van der Waals surface area (Å²) in [7, 11) is -3.80. The lowest BCUT2D eigenvalue weighted by atomic mass is 10.2. The van der Waals surface area contributed by atoms with Crippen molar-refractivity contribution in [1.82, 2.24) is 14.2 Å². The maximum absolute atomic E-state index is 12.7. The molecular formula is C13H11BrN4O2S. The first-order chi connectivity index (χ1) is 9.89. The number of halogens is 1. The molecule has 2 heterocycles. The third-order valence-electron chi connectivity index (χ3n) is 3.02. The van der Waals surface area contributed by atoms with E-state index in [1.54, 1.807) is 30.3 Å². The molecule has 0 fully saturated rings. The molecule has 21 heavy (non-hydrogen) atoms. The average molecular weight is 367 g/mol. The van der Waals surface area contributed by atoms with Crippen LogP contribution in [0.4, 0.5) is 5.69 Å². The molecule has 0 atom stereocenters. The van der Waals surface area contributed by atoms with Gasteiger partial charge in [0, 0.05) is 0 Å². The fourth-order valence-electron chi connectivity index (χ4n) is 1.94. The van der Waals surface area contributed by atoms with Crippen LogP contribution in [0.3, 0.4) is 0 Å². The van der Waals surface area contributed by atoms with Gasteiger partial charge in [0.15, 0.2) is 5.65 Å². The summed E-state index contributed by atoms with van der Waals surface area (Å²) >= 11 is 3.24. The normalized spacial score (nSPS) is 11.9. The molecule has 0 aliphatic rings. The number of hydrogen-bond acceptors (Lipinski definition) is 5. The fourth-order valence-corrected chi connectivity index (χ4v) is 3.73. The predicted octanol–water partition coefficient (Wildman–Crippen LogP) is 2.32. The summed E-state index contributed by atoms with van der Waals surface area (Å²) in [5.41, 5.74) is 7.32. The summed E-state index contributed by atoms with van der Waals surface area (Å²) < 4.78 is 26.6. The van der Waals surface area contributed by atoms with Crippen molar-refractivity contribution in [3.05, 3.63) is 46.7 Å². The van der Waals surface area contributed by atoms with E-state index < -0.39 is 10.0 Å². The standard InChI is InChI=1S/C13H11BrN4O2S/c1-8-2-4-10(5-3-8)21(19,20)18-13-11(12(14)17-18)6-9(15)7-16-13/h2-7H,15H2,1H3. The molecule has 2 aromatic heterocycles. The van der Waals surface area contributed by atoms with Gasteiger partial charge in [-0.15, -0.1) is 9.19 Å². The number of aryl methyl sites for hydroxylation is 1. The van der Waals surface area contributed by atoms with Crippen molar-refractivity contribution in [2.75, 3.05) is 5.73 Å². The van der Waals surface area contributed by atoms with Gasteiger partial charge in [0.05, 0.1) is 22.2 Å². The van der Waals surface area contributed by atoms with Crippen LogP contribution < -0.4 is 5.73 Å². The van der Waals surface area contributed by atoms with Crippen LogP contribution in [0.2, 0.25) is 0 Å². The predicted molar refractivity (Wildman–Crippen MR) is 83.4 cm³/mol. The Morgan fingerprint density at radius 1 is 1.24 bits per heavy atom. The first-order valence-electron chi connectivity index (χ1n) is 6.01. The SMILES string of the molecule is Cc1ccc(S(=O)(=O)n2nc(Br)c3cc(N)cnc32)cc1. The van der Waals surface area contributed by atoms with Crippen molar-refractivity contribution in [2.45, 2.75) is 11.8 Å². The van der Waals surface area contributed by atoms with E-state index in [4.69, 9.17) is 5.73 Å². The van der Waals surface area contributed by atoms with E-state index >= 15 is 0 Å². The van der Waals surface area contributed by atoms with E-state index in [9.17, 15) is 8.42 Å². The van der Waals surface area contributed by atoms with Gasteiger partial charge >= 0.3 is 0 Å². The number of pyridine rings is 1. The zero-order valence-corrected chi connectivity index (χ0v) is 13.4. The Morgan fingerprint density at radius 2 is 1.90 bits per heavy atom. The molecule has 0 aliphatic heterocycles. The Hall–Kier alpha value is -1.93. The minimum absolute atomic E-state index is 0.156. The van der Waals surface area contributed by atoms with Gasteiger partial charge in [-0.1, -0.05) is 17.7 Å². The highest BCUT2D eigenvalue weighted by Crippen LogP contribution is 2.26. The lowest BCUT2D eigenvalue weighted by molar-refractivity contribution is 0.581. The molecular weight excluding hydrogens is 356 g/mol. The lowest BCUT2D eigenvalue weighted by Crippen LogP contribution is -2.15. The number of nitrogens with two attached hydrogens (primary N) is 1. The molecule has 6 nitrogen and oxygen atoms in total. The quantitative estimate of drug-likeness (QED) is 0.751. The minimum atomic E-state index is -3.80. The Kier molecular flexibility index (Phi) is 3.22. The maximum atomic E-state index is 12.7. The molecule has 0 saturated heterocycles. The average Bonchev–Trinajstić information content (AvgIpc) is 2.77. The van der Waals surface area contributed by atoms with Crippen LogP contribution in [-0.2, 0) is 10.0 Å². The number of benzene rings is 1. The molecule has 3 aromatic rings. The van der Waals surface area contributed by atoms with E-state index in [1.807, 2.05) is 6.92 Å². The molecule has 8 heteroatoms. The summed E-state index contributed by atoms with van der Waals surface area (Å²) in [6.45, 7) is 1.89. The van der Waals surface area contributed by atoms with Crippen molar-refractivity contribution in [1.29, 1.82) is 0 Å². The van der Waals surface area contributed by atoms with Gasteiger partial charge in [-0.25, -0.2) is 4.98 Å². The smallest absolute Gasteiger partial charge is 0.284 e. The summed E-state index contributed by atoms with van der Waals surface area (Å²) in [4.78, 5) is 4.23. The molecule has 2 N–H and O–H groups in total. The van der Waals surface area contributed by atoms with E-state index in [-0.39, 0.29) is 10.5 Å². The monoisotopic (exact) mass is 366 g/mol. The molecule has 0 radical (unpaired) electrons. The first-order valence-corrected chi connectivity index (χ1v) is 8.25. The van der Waals surface area contributed by atoms with Crippen LogP contribution in [0.25, 0.3) is 11.0 Å². The van der Waals surface area contributed by atoms with E-state index in [0.29, 0.717) is 15.7 Å². The number of rotatable bonds is 2. The van der Waals surface area contributed by atoms with Crippen molar-refractivity contribution >= 4 is 42.7 Å². The summed E-state index contributed by atoms with van der Waals surface area (Å²) in [5.74, 6) is 0. The summed E-state index contributed by atoms with van der Waals surface area (Å²) in [6, 6.07) is 8.19. The number of aromatic nitrogens is 3. The van der Waals surface area contributed by atoms with Crippen LogP contribution in [0.15, 0.2) is 46.0 Å². The van der Waals surface area contributed by atoms with Crippen LogP contribution in [-0.4, -0.2) is 22.6 Å². The minimum Gasteiger partial charge on any atom is -0.397 e. The highest BCUT2D eigenvalue weighted by molar-refractivity contribution is 9.10. The van der Waals surface area contributed by atoms with Crippen molar-refractivity contribution < 1.29 is 8.42 Å². The zero-order chi connectivity index (χ0) is 15.2. The number of nitrogens with zero attached hydrogens (tertiary/aromatic N) is 3. The Morgan fingerprint density at radius 3 is 2.57 bits per heavy atom. The van der Waals surface area contributed by atoms with Gasteiger partial charge in [-0.2, -0.15) is 8.42 Å². The topological polar surface area (TPSA) is 90.9 Å². The Labute approximate surface area is 129 Å². The molecule has 0 unspecified atom stereocenters. The molecule has 0 aliphatic carbocycles. The van der Waals surface area contributed by atoms with Gasteiger partial charge in [0.25, 0.3) is 10.0 Å². The number of anilines is 1. The molecule has 0 amide bonds. The van der Waals surface area contributed by atoms with E-state index in [0.717, 1.165) is 9.65 Å². The number of nitrogen functional groups attached to an aromatic ring is 1. The van der Waals surface area contributed by atoms with Gasteiger partial charge in [0.1, 0.15) is 4.60 Å². The summed E-state index contributed by atoms with van der Waals surface area (Å²) in [6.07, 6.45) is 1.40. The van der Waals surface area contributed by atoms with Crippen LogP contribution >= 0.6 is 15.9 Å².